The maximum absolute atomic E-state index is 15.3. The molecule has 0 radical (unpaired) electrons. The molecule has 0 aromatic carbocycles. The first-order chi connectivity index (χ1) is 18.9. The number of nitrogens with one attached hydrogen (secondary N) is 1. The lowest BCUT2D eigenvalue weighted by Gasteiger charge is -2.49. The van der Waals surface area contributed by atoms with Gasteiger partial charge >= 0.3 is 0 Å². The van der Waals surface area contributed by atoms with E-state index in [1.807, 2.05) is 19.9 Å². The summed E-state index contributed by atoms with van der Waals surface area (Å²) in [6.45, 7) is 12.3. The molecule has 3 heterocycles. The predicted molar refractivity (Wildman–Crippen MR) is 147 cm³/mol. The van der Waals surface area contributed by atoms with Crippen LogP contribution in [0.2, 0.25) is 0 Å². The van der Waals surface area contributed by atoms with Crippen LogP contribution >= 0.6 is 0 Å². The number of rotatable bonds is 2. The second-order valence-electron chi connectivity index (χ2n) is 13.7. The maximum atomic E-state index is 15.3. The minimum atomic E-state index is -1.62. The van der Waals surface area contributed by atoms with Gasteiger partial charge in [0.05, 0.1) is 24.7 Å². The molecular weight excluding hydrogens is 510 g/mol. The average molecular weight is 554 g/mol. The molecule has 0 aromatic rings. The van der Waals surface area contributed by atoms with E-state index in [1.165, 1.54) is 0 Å². The van der Waals surface area contributed by atoms with Crippen LogP contribution in [-0.4, -0.2) is 64.9 Å². The zero-order chi connectivity index (χ0) is 28.8. The number of amides is 1. The molecule has 6 aliphatic rings. The maximum Gasteiger partial charge on any atom is 0.235 e. The van der Waals surface area contributed by atoms with Gasteiger partial charge in [0, 0.05) is 35.3 Å². The topological polar surface area (TPSA) is 122 Å². The summed E-state index contributed by atoms with van der Waals surface area (Å²) >= 11 is 0. The van der Waals surface area contributed by atoms with Crippen molar-refractivity contribution in [1.82, 2.24) is 5.32 Å². The molecule has 1 amide bonds. The van der Waals surface area contributed by atoms with Gasteiger partial charge in [0.1, 0.15) is 11.5 Å². The lowest BCUT2D eigenvalue weighted by molar-refractivity contribution is -0.164. The van der Waals surface area contributed by atoms with E-state index >= 15 is 4.79 Å². The Morgan fingerprint density at radius 2 is 1.82 bits per heavy atom. The number of hydrogen-bond acceptors (Lipinski definition) is 7. The number of aliphatic hydroxyl groups is 2. The van der Waals surface area contributed by atoms with Crippen LogP contribution in [0.15, 0.2) is 34.4 Å². The Morgan fingerprint density at radius 3 is 2.52 bits per heavy atom. The van der Waals surface area contributed by atoms with Crippen molar-refractivity contribution in [3.8, 4) is 0 Å². The first-order valence-corrected chi connectivity index (χ1v) is 15.0. The van der Waals surface area contributed by atoms with E-state index in [-0.39, 0.29) is 30.4 Å². The summed E-state index contributed by atoms with van der Waals surface area (Å²) < 4.78 is 12.3. The second kappa shape index (κ2) is 9.72. The van der Waals surface area contributed by atoms with Gasteiger partial charge in [-0.25, -0.2) is 0 Å². The standard InChI is InChI=1S/C32H43NO7/c1-13(2)9-19-25-17(6)15(4)11-18-10-14(3)7-8-20(34)28-22-23-21(16(5)12-39-30(23)40-28)26(35)27(36)24(22)29(37)32(18,25)31(38)33-19/h10-11,13,17-20,22-25,27-28,30,34,36H,7-9,12H2,1-6H3,(H,33,38)/b14-10-/t17-,18+,19+,20+,22+,23+,24-,25+,27+,28+,30-,32+/m1/s1. The third-order valence-corrected chi connectivity index (χ3v) is 10.9. The van der Waals surface area contributed by atoms with Crippen molar-refractivity contribution in [3.63, 3.8) is 0 Å². The number of Topliss-reactive ketones (excluding diaryl/α,β-unsaturated/α-hetero) is 2. The third-order valence-electron chi connectivity index (χ3n) is 10.9. The Hall–Kier alpha value is -2.13. The van der Waals surface area contributed by atoms with Crippen molar-refractivity contribution in [2.24, 2.45) is 46.8 Å². The van der Waals surface area contributed by atoms with Gasteiger partial charge in [-0.15, -0.1) is 0 Å². The lowest BCUT2D eigenvalue weighted by Crippen LogP contribution is -2.61. The summed E-state index contributed by atoms with van der Waals surface area (Å²) in [5.41, 5.74) is 1.82. The molecule has 8 heteroatoms. The van der Waals surface area contributed by atoms with Gasteiger partial charge in [0.2, 0.25) is 5.91 Å². The van der Waals surface area contributed by atoms with E-state index in [0.29, 0.717) is 24.3 Å². The molecule has 218 valence electrons. The molecule has 0 unspecified atom stereocenters. The number of allylic oxidation sites excluding steroid dienone is 4. The highest BCUT2D eigenvalue weighted by atomic mass is 16.7. The molecule has 3 aliphatic carbocycles. The largest absolute Gasteiger partial charge is 0.390 e. The van der Waals surface area contributed by atoms with E-state index in [1.54, 1.807) is 0 Å². The van der Waals surface area contributed by atoms with Crippen LogP contribution in [-0.2, 0) is 23.9 Å². The number of carbonyl (C=O) groups is 3. The van der Waals surface area contributed by atoms with Crippen LogP contribution in [0.5, 0.6) is 0 Å². The van der Waals surface area contributed by atoms with Gasteiger partial charge in [-0.3, -0.25) is 14.4 Å². The highest BCUT2D eigenvalue weighted by molar-refractivity contribution is 6.13. The monoisotopic (exact) mass is 553 g/mol. The van der Waals surface area contributed by atoms with Gasteiger partial charge in [-0.05, 0) is 57.4 Å². The van der Waals surface area contributed by atoms with Crippen molar-refractivity contribution in [2.45, 2.75) is 91.4 Å². The summed E-state index contributed by atoms with van der Waals surface area (Å²) in [5.74, 6) is -4.26. The Labute approximate surface area is 236 Å². The fraction of sp³-hybridized carbons (Fsp3) is 0.719. The SMILES string of the molecule is CC1=C[C@@H]2/C=C(/C)CC[C@H](O)[C@@H]3O[C@H]4OCC(C)=C5C(=O)[C@@H](O)[C@H](C(=O)[C@]26C(=O)N[C@@H](CC(C)C)[C@@H]6[C@@H]1C)[C@@H]3[C@H]54. The number of ketones is 2. The van der Waals surface area contributed by atoms with E-state index < -0.39 is 65.3 Å². The first-order valence-electron chi connectivity index (χ1n) is 15.0. The van der Waals surface area contributed by atoms with Crippen LogP contribution in [0.3, 0.4) is 0 Å². The number of ether oxygens (including phenoxy) is 2. The summed E-state index contributed by atoms with van der Waals surface area (Å²) in [6.07, 6.45) is 1.65. The minimum absolute atomic E-state index is 0.0529. The lowest BCUT2D eigenvalue weighted by atomic mass is 9.50. The number of hydrogen-bond donors (Lipinski definition) is 3. The molecule has 3 fully saturated rings. The van der Waals surface area contributed by atoms with Crippen LogP contribution in [0.25, 0.3) is 0 Å². The molecule has 0 aromatic heterocycles. The molecule has 2 saturated heterocycles. The zero-order valence-corrected chi connectivity index (χ0v) is 24.3. The summed E-state index contributed by atoms with van der Waals surface area (Å²) in [6, 6.07) is -0.211. The Bertz CT molecular complexity index is 1230. The van der Waals surface area contributed by atoms with E-state index in [2.05, 4.69) is 39.1 Å². The van der Waals surface area contributed by atoms with Gasteiger partial charge in [0.25, 0.3) is 0 Å². The van der Waals surface area contributed by atoms with Gasteiger partial charge in [0.15, 0.2) is 17.9 Å². The number of aliphatic hydroxyl groups excluding tert-OH is 2. The highest BCUT2D eigenvalue weighted by Crippen LogP contribution is 2.60. The van der Waals surface area contributed by atoms with Crippen molar-refractivity contribution >= 4 is 17.5 Å². The molecule has 1 spiro atoms. The van der Waals surface area contributed by atoms with Crippen LogP contribution in [0.4, 0.5) is 0 Å². The molecule has 12 atom stereocenters. The summed E-state index contributed by atoms with van der Waals surface area (Å²) in [4.78, 5) is 43.4. The van der Waals surface area contributed by atoms with Crippen LogP contribution in [0.1, 0.15) is 60.8 Å². The molecule has 6 rings (SSSR count). The Morgan fingerprint density at radius 1 is 1.10 bits per heavy atom. The normalized spacial score (nSPS) is 48.0. The van der Waals surface area contributed by atoms with E-state index in [4.69, 9.17) is 9.47 Å². The summed E-state index contributed by atoms with van der Waals surface area (Å²) in [7, 11) is 0. The van der Waals surface area contributed by atoms with Gasteiger partial charge in [-0.2, -0.15) is 0 Å². The Kier molecular flexibility index (Phi) is 6.81. The zero-order valence-electron chi connectivity index (χ0n) is 24.3. The van der Waals surface area contributed by atoms with Gasteiger partial charge in [-0.1, -0.05) is 44.1 Å². The third kappa shape index (κ3) is 3.75. The average Bonchev–Trinajstić information content (AvgIpc) is 3.40. The molecule has 0 bridgehead atoms. The molecule has 1 saturated carbocycles. The molecule has 8 nitrogen and oxygen atoms in total. The molecule has 3 aliphatic heterocycles. The molecular formula is C32H43NO7. The first kappa shape index (κ1) is 28.0. The van der Waals surface area contributed by atoms with Crippen molar-refractivity contribution in [2.75, 3.05) is 6.61 Å². The van der Waals surface area contributed by atoms with Gasteiger partial charge < -0.3 is 25.0 Å². The second-order valence-corrected chi connectivity index (χ2v) is 13.7. The van der Waals surface area contributed by atoms with E-state index in [0.717, 1.165) is 23.1 Å². The van der Waals surface area contributed by atoms with Crippen molar-refractivity contribution in [1.29, 1.82) is 0 Å². The fourth-order valence-corrected chi connectivity index (χ4v) is 9.11. The highest BCUT2D eigenvalue weighted by Gasteiger charge is 2.71. The van der Waals surface area contributed by atoms with Crippen LogP contribution < -0.4 is 5.32 Å². The van der Waals surface area contributed by atoms with Crippen LogP contribution in [0, 0.1) is 46.8 Å². The quantitative estimate of drug-likeness (QED) is 0.355. The Balaban J connectivity index is 1.59. The predicted octanol–water partition coefficient (Wildman–Crippen LogP) is 2.88. The minimum Gasteiger partial charge on any atom is -0.390 e. The molecule has 40 heavy (non-hydrogen) atoms. The smallest absolute Gasteiger partial charge is 0.235 e. The van der Waals surface area contributed by atoms with Crippen molar-refractivity contribution < 1.29 is 34.1 Å². The fourth-order valence-electron chi connectivity index (χ4n) is 9.11. The summed E-state index contributed by atoms with van der Waals surface area (Å²) in [5, 5.41) is 26.3. The van der Waals surface area contributed by atoms with E-state index in [9.17, 15) is 19.8 Å². The number of carbonyl (C=O) groups excluding carboxylic acids is 3. The van der Waals surface area contributed by atoms with Crippen molar-refractivity contribution in [3.05, 3.63) is 34.4 Å². The molecule has 3 N–H and O–H groups in total.